The van der Waals surface area contributed by atoms with Crippen molar-refractivity contribution < 1.29 is 4.42 Å². The van der Waals surface area contributed by atoms with Crippen LogP contribution in [-0.2, 0) is 0 Å². The normalized spacial score (nSPS) is 10.7. The van der Waals surface area contributed by atoms with E-state index in [1.54, 1.807) is 12.5 Å². The lowest BCUT2D eigenvalue weighted by molar-refractivity contribution is 0.568. The van der Waals surface area contributed by atoms with Gasteiger partial charge in [-0.3, -0.25) is 0 Å². The van der Waals surface area contributed by atoms with Gasteiger partial charge in [-0.05, 0) is 22.4 Å². The molecule has 0 aliphatic rings. The Kier molecular flexibility index (Phi) is 1.82. The summed E-state index contributed by atoms with van der Waals surface area (Å²) in [5, 5.41) is 2.53. The molecule has 0 N–H and O–H groups in total. The van der Waals surface area contributed by atoms with Crippen LogP contribution in [0.15, 0.2) is 65.5 Å². The predicted molar refractivity (Wildman–Crippen MR) is 61.7 cm³/mol. The maximum Gasteiger partial charge on any atom is 0.0981 e. The molecule has 1 heterocycles. The number of fused-ring (bicyclic) bond motifs is 1. The molecule has 15 heavy (non-hydrogen) atoms. The van der Waals surface area contributed by atoms with E-state index in [4.69, 9.17) is 4.42 Å². The second-order valence-electron chi connectivity index (χ2n) is 3.54. The highest BCUT2D eigenvalue weighted by molar-refractivity contribution is 5.96. The van der Waals surface area contributed by atoms with Gasteiger partial charge in [-0.2, -0.15) is 0 Å². The molecule has 0 unspecified atom stereocenters. The van der Waals surface area contributed by atoms with Gasteiger partial charge in [0.2, 0.25) is 0 Å². The SMILES string of the molecule is c1ccc2c(-c3ccoc3)cccc2c1. The Morgan fingerprint density at radius 3 is 2.53 bits per heavy atom. The van der Waals surface area contributed by atoms with Crippen LogP contribution in [0.5, 0.6) is 0 Å². The summed E-state index contributed by atoms with van der Waals surface area (Å²) in [7, 11) is 0. The summed E-state index contributed by atoms with van der Waals surface area (Å²) in [5.74, 6) is 0. The molecule has 0 amide bonds. The van der Waals surface area contributed by atoms with E-state index in [1.807, 2.05) is 6.07 Å². The molecule has 3 rings (SSSR count). The van der Waals surface area contributed by atoms with Crippen LogP contribution >= 0.6 is 0 Å². The molecule has 1 aromatic heterocycles. The highest BCUT2D eigenvalue weighted by Gasteiger charge is 2.03. The number of furan rings is 1. The molecule has 3 aromatic rings. The summed E-state index contributed by atoms with van der Waals surface area (Å²) < 4.78 is 5.12. The fraction of sp³-hybridized carbons (Fsp3) is 0. The second-order valence-corrected chi connectivity index (χ2v) is 3.54. The van der Waals surface area contributed by atoms with E-state index in [2.05, 4.69) is 42.5 Å². The Hall–Kier alpha value is -2.02. The van der Waals surface area contributed by atoms with Crippen LogP contribution < -0.4 is 0 Å². The van der Waals surface area contributed by atoms with Gasteiger partial charge in [0.05, 0.1) is 12.5 Å². The number of hydrogen-bond donors (Lipinski definition) is 0. The lowest BCUT2D eigenvalue weighted by Crippen LogP contribution is -1.77. The van der Waals surface area contributed by atoms with Crippen molar-refractivity contribution >= 4 is 10.8 Å². The molecule has 0 atom stereocenters. The van der Waals surface area contributed by atoms with Crippen LogP contribution in [0.25, 0.3) is 21.9 Å². The van der Waals surface area contributed by atoms with Crippen LogP contribution in [0.4, 0.5) is 0 Å². The van der Waals surface area contributed by atoms with E-state index in [0.29, 0.717) is 0 Å². The average molecular weight is 194 g/mol. The monoisotopic (exact) mass is 194 g/mol. The molecule has 1 nitrogen and oxygen atoms in total. The molecule has 72 valence electrons. The Balaban J connectivity index is 2.36. The molecule has 0 bridgehead atoms. The second kappa shape index (κ2) is 3.28. The fourth-order valence-electron chi connectivity index (χ4n) is 1.89. The van der Waals surface area contributed by atoms with Gasteiger partial charge < -0.3 is 4.42 Å². The van der Waals surface area contributed by atoms with Crippen molar-refractivity contribution in [2.45, 2.75) is 0 Å². The minimum atomic E-state index is 1.13. The topological polar surface area (TPSA) is 13.1 Å². The highest BCUT2D eigenvalue weighted by Crippen LogP contribution is 2.28. The highest BCUT2D eigenvalue weighted by atomic mass is 16.3. The molecule has 0 spiro atoms. The third kappa shape index (κ3) is 1.33. The zero-order valence-corrected chi connectivity index (χ0v) is 8.18. The average Bonchev–Trinajstić information content (AvgIpc) is 2.82. The summed E-state index contributed by atoms with van der Waals surface area (Å²) in [4.78, 5) is 0. The van der Waals surface area contributed by atoms with Crippen molar-refractivity contribution in [3.63, 3.8) is 0 Å². The van der Waals surface area contributed by atoms with Gasteiger partial charge in [0.1, 0.15) is 0 Å². The molecule has 0 fully saturated rings. The first-order valence-electron chi connectivity index (χ1n) is 4.95. The van der Waals surface area contributed by atoms with Gasteiger partial charge in [0.15, 0.2) is 0 Å². The van der Waals surface area contributed by atoms with Gasteiger partial charge in [-0.15, -0.1) is 0 Å². The first kappa shape index (κ1) is 8.30. The van der Waals surface area contributed by atoms with Crippen LogP contribution in [0.1, 0.15) is 0 Å². The van der Waals surface area contributed by atoms with Crippen LogP contribution in [-0.4, -0.2) is 0 Å². The molecule has 0 saturated carbocycles. The van der Waals surface area contributed by atoms with Crippen LogP contribution in [0, 0.1) is 0 Å². The maximum atomic E-state index is 5.12. The van der Waals surface area contributed by atoms with Crippen molar-refractivity contribution in [2.75, 3.05) is 0 Å². The van der Waals surface area contributed by atoms with E-state index >= 15 is 0 Å². The van der Waals surface area contributed by atoms with E-state index in [1.165, 1.54) is 16.3 Å². The van der Waals surface area contributed by atoms with Gasteiger partial charge in [-0.1, -0.05) is 42.5 Å². The number of hydrogen-bond acceptors (Lipinski definition) is 1. The minimum absolute atomic E-state index is 1.13. The lowest BCUT2D eigenvalue weighted by atomic mass is 10.0. The summed E-state index contributed by atoms with van der Waals surface area (Å²) in [6.45, 7) is 0. The van der Waals surface area contributed by atoms with Crippen molar-refractivity contribution in [1.82, 2.24) is 0 Å². The molecule has 0 aliphatic carbocycles. The lowest BCUT2D eigenvalue weighted by Gasteiger charge is -2.03. The third-order valence-electron chi connectivity index (χ3n) is 2.62. The van der Waals surface area contributed by atoms with Crippen molar-refractivity contribution in [1.29, 1.82) is 0 Å². The van der Waals surface area contributed by atoms with Gasteiger partial charge >= 0.3 is 0 Å². The summed E-state index contributed by atoms with van der Waals surface area (Å²) in [6.07, 6.45) is 3.48. The van der Waals surface area contributed by atoms with E-state index in [0.717, 1.165) is 5.56 Å². The third-order valence-corrected chi connectivity index (χ3v) is 2.62. The van der Waals surface area contributed by atoms with Crippen molar-refractivity contribution in [2.24, 2.45) is 0 Å². The van der Waals surface area contributed by atoms with Crippen LogP contribution in [0.2, 0.25) is 0 Å². The molecular formula is C14H10O. The zero-order valence-electron chi connectivity index (χ0n) is 8.18. The summed E-state index contributed by atoms with van der Waals surface area (Å²) in [5.41, 5.74) is 2.36. The van der Waals surface area contributed by atoms with Gasteiger partial charge in [0.25, 0.3) is 0 Å². The number of benzene rings is 2. The smallest absolute Gasteiger partial charge is 0.0981 e. The van der Waals surface area contributed by atoms with E-state index in [9.17, 15) is 0 Å². The van der Waals surface area contributed by atoms with Gasteiger partial charge in [0, 0.05) is 5.56 Å². The van der Waals surface area contributed by atoms with E-state index in [-0.39, 0.29) is 0 Å². The molecule has 0 saturated heterocycles. The molecule has 0 radical (unpaired) electrons. The fourth-order valence-corrected chi connectivity index (χ4v) is 1.89. The molecule has 1 heteroatoms. The van der Waals surface area contributed by atoms with Crippen LogP contribution in [0.3, 0.4) is 0 Å². The van der Waals surface area contributed by atoms with E-state index < -0.39 is 0 Å². The van der Waals surface area contributed by atoms with Gasteiger partial charge in [-0.25, -0.2) is 0 Å². The maximum absolute atomic E-state index is 5.12. The standard InChI is InChI=1S/C14H10O/c1-2-6-13-11(4-1)5-3-7-14(13)12-8-9-15-10-12/h1-10H. The molecule has 2 aromatic carbocycles. The van der Waals surface area contributed by atoms with Crippen molar-refractivity contribution in [3.05, 3.63) is 61.1 Å². The van der Waals surface area contributed by atoms with Crippen molar-refractivity contribution in [3.8, 4) is 11.1 Å². The Bertz CT molecular complexity index is 574. The predicted octanol–water partition coefficient (Wildman–Crippen LogP) is 4.10. The number of rotatable bonds is 1. The first-order chi connectivity index (χ1) is 7.45. The molecular weight excluding hydrogens is 184 g/mol. The Labute approximate surface area is 88.0 Å². The first-order valence-corrected chi connectivity index (χ1v) is 4.95. The Morgan fingerprint density at radius 2 is 1.67 bits per heavy atom. The summed E-state index contributed by atoms with van der Waals surface area (Å²) in [6, 6.07) is 16.7. The largest absolute Gasteiger partial charge is 0.472 e. The quantitative estimate of drug-likeness (QED) is 0.568. The Morgan fingerprint density at radius 1 is 0.800 bits per heavy atom. The molecule has 0 aliphatic heterocycles. The zero-order chi connectivity index (χ0) is 10.1. The minimum Gasteiger partial charge on any atom is -0.472 e. The summed E-state index contributed by atoms with van der Waals surface area (Å²) >= 11 is 0.